The minimum absolute atomic E-state index is 0.0545. The number of likely N-dealkylation sites (tertiary alicyclic amines) is 1. The number of carbonyl (C=O) groups is 1. The van der Waals surface area contributed by atoms with E-state index in [4.69, 9.17) is 9.47 Å². The van der Waals surface area contributed by atoms with Gasteiger partial charge in [0.25, 0.3) is 0 Å². The summed E-state index contributed by atoms with van der Waals surface area (Å²) in [5, 5.41) is 0. The van der Waals surface area contributed by atoms with Gasteiger partial charge in [-0.15, -0.1) is 0 Å². The summed E-state index contributed by atoms with van der Waals surface area (Å²) in [6.45, 7) is 3.84. The molecule has 8 atom stereocenters. The van der Waals surface area contributed by atoms with Gasteiger partial charge < -0.3 is 9.47 Å². The second-order valence-corrected chi connectivity index (χ2v) is 13.5. The first-order valence-electron chi connectivity index (χ1n) is 13.7. The van der Waals surface area contributed by atoms with Crippen molar-refractivity contribution < 1.29 is 31.5 Å². The number of nitrogens with zero attached hydrogens (tertiary/aromatic N) is 3. The Morgan fingerprint density at radius 3 is 2.55 bits per heavy atom. The molecular weight excluding hydrogens is 518 g/mol. The fraction of sp³-hybridized carbons (Fsp3) is 0.808. The molecule has 3 unspecified atom stereocenters. The highest BCUT2D eigenvalue weighted by molar-refractivity contribution is 7.88. The number of ether oxygens (including phenoxy) is 2. The predicted octanol–water partition coefficient (Wildman–Crippen LogP) is 3.34. The second-order valence-electron chi connectivity index (χ2n) is 11.7. The van der Waals surface area contributed by atoms with Crippen molar-refractivity contribution in [1.82, 2.24) is 19.6 Å². The number of carbonyl (C=O) groups excluding carboxylic acids is 1. The molecule has 0 aromatic carbocycles. The van der Waals surface area contributed by atoms with Crippen molar-refractivity contribution in [3.8, 4) is 0 Å². The smallest absolute Gasteiger partial charge is 0.410 e. The Labute approximate surface area is 223 Å². The minimum atomic E-state index is -3.53. The highest BCUT2D eigenvalue weighted by Crippen LogP contribution is 2.66. The van der Waals surface area contributed by atoms with Crippen molar-refractivity contribution in [3.05, 3.63) is 24.0 Å². The van der Waals surface area contributed by atoms with Gasteiger partial charge in [-0.05, 0) is 63.2 Å². The maximum atomic E-state index is 14.4. The standard InChI is InChI=1S/C26H38F2N4O5S/c1-15-9-22(31-38(3,34)35)23(32(15)25(33)37-13-21(28)17-5-4-6-17)14-36-19-7-8-26(16(2)20(26)10-19)24-29-11-18(27)12-30-24/h11-12,15-17,19-23,31H,4-10,13-14H2,1-3H3/t15-,16?,19+,20?,21?,22+,23+,26-/m1/s1. The van der Waals surface area contributed by atoms with E-state index in [1.54, 1.807) is 0 Å². The van der Waals surface area contributed by atoms with Gasteiger partial charge in [0.2, 0.25) is 10.0 Å². The quantitative estimate of drug-likeness (QED) is 0.497. The molecule has 1 saturated heterocycles. The third kappa shape index (κ3) is 5.40. The molecule has 0 spiro atoms. The normalized spacial score (nSPS) is 35.9. The summed E-state index contributed by atoms with van der Waals surface area (Å²) in [5.74, 6) is 0.833. The lowest BCUT2D eigenvalue weighted by Crippen LogP contribution is -2.50. The summed E-state index contributed by atoms with van der Waals surface area (Å²) in [5.41, 5.74) is -0.158. The van der Waals surface area contributed by atoms with Crippen LogP contribution in [0.15, 0.2) is 12.4 Å². The van der Waals surface area contributed by atoms with Gasteiger partial charge in [-0.2, -0.15) is 0 Å². The fourth-order valence-corrected chi connectivity index (χ4v) is 7.81. The van der Waals surface area contributed by atoms with Crippen molar-refractivity contribution in [2.45, 2.75) is 94.6 Å². The lowest BCUT2D eigenvalue weighted by molar-refractivity contribution is -0.0162. The molecule has 1 N–H and O–H groups in total. The number of aromatic nitrogens is 2. The molecule has 9 nitrogen and oxygen atoms in total. The van der Waals surface area contributed by atoms with Crippen molar-refractivity contribution in [1.29, 1.82) is 0 Å². The van der Waals surface area contributed by atoms with E-state index in [0.29, 0.717) is 24.1 Å². The number of sulfonamides is 1. The summed E-state index contributed by atoms with van der Waals surface area (Å²) in [6, 6.07) is -1.40. The van der Waals surface area contributed by atoms with Crippen molar-refractivity contribution >= 4 is 16.1 Å². The van der Waals surface area contributed by atoms with Crippen LogP contribution in [0.4, 0.5) is 13.6 Å². The zero-order valence-electron chi connectivity index (χ0n) is 22.2. The van der Waals surface area contributed by atoms with E-state index in [1.165, 1.54) is 17.3 Å². The molecule has 4 fully saturated rings. The van der Waals surface area contributed by atoms with E-state index in [0.717, 1.165) is 44.8 Å². The molecule has 38 heavy (non-hydrogen) atoms. The topological polar surface area (TPSA) is 111 Å². The Balaban J connectivity index is 1.22. The van der Waals surface area contributed by atoms with Gasteiger partial charge in [0.15, 0.2) is 5.82 Å². The van der Waals surface area contributed by atoms with E-state index in [2.05, 4.69) is 21.6 Å². The Kier molecular flexibility index (Phi) is 7.69. The maximum absolute atomic E-state index is 14.4. The predicted molar refractivity (Wildman–Crippen MR) is 135 cm³/mol. The van der Waals surface area contributed by atoms with Crippen LogP contribution in [0.2, 0.25) is 0 Å². The van der Waals surface area contributed by atoms with Crippen LogP contribution in [-0.4, -0.2) is 79.2 Å². The molecule has 3 saturated carbocycles. The molecule has 4 aliphatic rings. The monoisotopic (exact) mass is 556 g/mol. The van der Waals surface area contributed by atoms with Crippen LogP contribution < -0.4 is 4.72 Å². The highest BCUT2D eigenvalue weighted by atomic mass is 32.2. The largest absolute Gasteiger partial charge is 0.446 e. The Bertz CT molecular complexity index is 1120. The van der Waals surface area contributed by atoms with Crippen molar-refractivity contribution in [2.75, 3.05) is 19.5 Å². The number of halogens is 2. The van der Waals surface area contributed by atoms with Gasteiger partial charge in [-0.3, -0.25) is 4.90 Å². The van der Waals surface area contributed by atoms with Gasteiger partial charge in [-0.25, -0.2) is 36.7 Å². The molecule has 1 aromatic heterocycles. The molecule has 2 heterocycles. The Morgan fingerprint density at radius 1 is 1.24 bits per heavy atom. The van der Waals surface area contributed by atoms with E-state index in [-0.39, 0.29) is 36.7 Å². The summed E-state index contributed by atoms with van der Waals surface area (Å²) < 4.78 is 66.2. The average Bonchev–Trinajstić information content (AvgIpc) is 3.29. The molecule has 1 aromatic rings. The molecular formula is C26H38F2N4O5S. The van der Waals surface area contributed by atoms with E-state index in [9.17, 15) is 22.0 Å². The average molecular weight is 557 g/mol. The molecule has 3 aliphatic carbocycles. The SMILES string of the molecule is CC1C2C[C@@H](OC[C@H]3[C@@H](NS(C)(=O)=O)C[C@@H](C)N3C(=O)OCC(F)C3CCC3)CC[C@@]12c1ncc(F)cn1. The number of rotatable bonds is 9. The number of hydrogen-bond acceptors (Lipinski definition) is 7. The third-order valence-electron chi connectivity index (χ3n) is 9.40. The second kappa shape index (κ2) is 10.6. The Morgan fingerprint density at radius 2 is 1.95 bits per heavy atom. The first kappa shape index (κ1) is 27.6. The fourth-order valence-electron chi connectivity index (χ4n) is 7.01. The van der Waals surface area contributed by atoms with E-state index in [1.807, 2.05) is 6.92 Å². The summed E-state index contributed by atoms with van der Waals surface area (Å²) in [6.07, 6.45) is 7.00. The van der Waals surface area contributed by atoms with Crippen molar-refractivity contribution in [3.63, 3.8) is 0 Å². The number of nitrogens with one attached hydrogen (secondary N) is 1. The minimum Gasteiger partial charge on any atom is -0.446 e. The molecule has 5 rings (SSSR count). The van der Waals surface area contributed by atoms with Gasteiger partial charge in [0.05, 0.1) is 37.4 Å². The maximum Gasteiger partial charge on any atom is 0.410 e. The number of amides is 1. The molecule has 212 valence electrons. The van der Waals surface area contributed by atoms with Crippen LogP contribution in [0.25, 0.3) is 0 Å². The number of hydrogen-bond donors (Lipinski definition) is 1. The molecule has 0 bridgehead atoms. The first-order chi connectivity index (χ1) is 18.0. The van der Waals surface area contributed by atoms with Gasteiger partial charge >= 0.3 is 6.09 Å². The van der Waals surface area contributed by atoms with Crippen LogP contribution in [0.1, 0.15) is 64.6 Å². The molecule has 1 aliphatic heterocycles. The number of fused-ring (bicyclic) bond motifs is 1. The van der Waals surface area contributed by atoms with Crippen LogP contribution in [0.3, 0.4) is 0 Å². The lowest BCUT2D eigenvalue weighted by atomic mass is 9.82. The van der Waals surface area contributed by atoms with Gasteiger partial charge in [0, 0.05) is 17.5 Å². The highest BCUT2D eigenvalue weighted by Gasteiger charge is 2.66. The lowest BCUT2D eigenvalue weighted by Gasteiger charge is -2.33. The van der Waals surface area contributed by atoms with Crippen LogP contribution >= 0.6 is 0 Å². The van der Waals surface area contributed by atoms with E-state index >= 15 is 0 Å². The summed E-state index contributed by atoms with van der Waals surface area (Å²) in [4.78, 5) is 23.1. The first-order valence-corrected chi connectivity index (χ1v) is 15.5. The van der Waals surface area contributed by atoms with Crippen molar-refractivity contribution in [2.24, 2.45) is 17.8 Å². The zero-order chi connectivity index (χ0) is 27.2. The third-order valence-corrected chi connectivity index (χ3v) is 10.1. The van der Waals surface area contributed by atoms with Gasteiger partial charge in [-0.1, -0.05) is 13.3 Å². The molecule has 1 amide bonds. The van der Waals surface area contributed by atoms with Gasteiger partial charge in [0.1, 0.15) is 18.6 Å². The zero-order valence-corrected chi connectivity index (χ0v) is 23.0. The van der Waals surface area contributed by atoms with E-state index < -0.39 is 40.2 Å². The number of alkyl halides is 1. The van der Waals surface area contributed by atoms with Crippen LogP contribution in [-0.2, 0) is 24.9 Å². The molecule has 0 radical (unpaired) electrons. The molecule has 12 heteroatoms. The van der Waals surface area contributed by atoms with Crippen LogP contribution in [0.5, 0.6) is 0 Å². The summed E-state index contributed by atoms with van der Waals surface area (Å²) in [7, 11) is -3.53. The summed E-state index contributed by atoms with van der Waals surface area (Å²) >= 11 is 0. The Hall–Kier alpha value is -1.92. The van der Waals surface area contributed by atoms with Crippen LogP contribution in [0, 0.1) is 23.6 Å².